The van der Waals surface area contributed by atoms with E-state index in [0.717, 1.165) is 6.92 Å². The zero-order chi connectivity index (χ0) is 38.3. The van der Waals surface area contributed by atoms with E-state index >= 15 is 0 Å². The summed E-state index contributed by atoms with van der Waals surface area (Å²) < 4.78 is 16.6. The lowest BCUT2D eigenvalue weighted by Gasteiger charge is -2.39. The van der Waals surface area contributed by atoms with Crippen molar-refractivity contribution >= 4 is 41.1 Å². The lowest BCUT2D eigenvalue weighted by molar-refractivity contribution is -0.265. The summed E-state index contributed by atoms with van der Waals surface area (Å²) >= 11 is 0. The molecule has 4 amide bonds. The summed E-state index contributed by atoms with van der Waals surface area (Å²) in [7, 11) is 0. The monoisotopic (exact) mass is 719 g/mol. The predicted molar refractivity (Wildman–Crippen MR) is 183 cm³/mol. The molecule has 1 aromatic rings. The van der Waals surface area contributed by atoms with Crippen molar-refractivity contribution in [3.05, 3.63) is 23.8 Å². The maximum atomic E-state index is 12.9. The maximum Gasteiger partial charge on any atom is 0.311 e. The van der Waals surface area contributed by atoms with Gasteiger partial charge in [-0.25, -0.2) is 0 Å². The Hall–Kier alpha value is -3.92. The lowest BCUT2D eigenvalue weighted by atomic mass is 9.80. The molecule has 0 aromatic heterocycles. The SMILES string of the molecule is CC(=O)[C@H]1O[C@@H](Oc2ccc(COC(=O)C(C)(C)C)cc2NC(=O)CCNC(=O)CCCCCN2C(=O)CC(C(C)(C)C)C2=O)[C@H](O)[C@@H](O)[C@@H]1O. The van der Waals surface area contributed by atoms with Crippen LogP contribution in [0.4, 0.5) is 5.69 Å². The molecule has 1 unspecified atom stereocenters. The van der Waals surface area contributed by atoms with Gasteiger partial charge in [0, 0.05) is 32.4 Å². The highest BCUT2D eigenvalue weighted by molar-refractivity contribution is 6.03. The normalized spacial score (nSPS) is 23.9. The van der Waals surface area contributed by atoms with E-state index in [1.807, 2.05) is 20.8 Å². The minimum absolute atomic E-state index is 0.0144. The number of amides is 4. The molecule has 6 atom stereocenters. The summed E-state index contributed by atoms with van der Waals surface area (Å²) in [6, 6.07) is 4.46. The molecule has 2 saturated heterocycles. The summed E-state index contributed by atoms with van der Waals surface area (Å²) in [5, 5.41) is 36.3. The molecule has 15 nitrogen and oxygen atoms in total. The number of aliphatic hydroxyl groups is 3. The number of ketones is 1. The van der Waals surface area contributed by atoms with Crippen molar-refractivity contribution < 1.29 is 58.3 Å². The number of imide groups is 1. The van der Waals surface area contributed by atoms with Gasteiger partial charge in [-0.05, 0) is 63.6 Å². The molecule has 15 heteroatoms. The third kappa shape index (κ3) is 11.5. The molecule has 0 radical (unpaired) electrons. The zero-order valence-corrected chi connectivity index (χ0v) is 30.5. The summed E-state index contributed by atoms with van der Waals surface area (Å²) in [6.07, 6.45) is -6.18. The van der Waals surface area contributed by atoms with Crippen LogP contribution < -0.4 is 15.4 Å². The van der Waals surface area contributed by atoms with Gasteiger partial charge >= 0.3 is 5.97 Å². The fourth-order valence-corrected chi connectivity index (χ4v) is 5.58. The topological polar surface area (TPSA) is 218 Å². The van der Waals surface area contributed by atoms with Crippen LogP contribution in [-0.2, 0) is 44.8 Å². The molecule has 284 valence electrons. The number of carbonyl (C=O) groups is 6. The van der Waals surface area contributed by atoms with E-state index in [1.165, 1.54) is 17.0 Å². The number of unbranched alkanes of at least 4 members (excludes halogenated alkanes) is 2. The second-order valence-corrected chi connectivity index (χ2v) is 15.2. The molecule has 0 aliphatic carbocycles. The molecule has 1 aromatic carbocycles. The molecule has 2 heterocycles. The van der Waals surface area contributed by atoms with E-state index in [9.17, 15) is 44.1 Å². The number of aliphatic hydroxyl groups excluding tert-OH is 3. The molecule has 51 heavy (non-hydrogen) atoms. The van der Waals surface area contributed by atoms with Crippen LogP contribution in [0.1, 0.15) is 92.6 Å². The first-order valence-electron chi connectivity index (χ1n) is 17.3. The van der Waals surface area contributed by atoms with E-state index in [0.29, 0.717) is 31.4 Å². The van der Waals surface area contributed by atoms with Crippen LogP contribution in [0, 0.1) is 16.7 Å². The Kier molecular flexibility index (Phi) is 14.3. The van der Waals surface area contributed by atoms with Crippen LogP contribution in [0.2, 0.25) is 0 Å². The highest BCUT2D eigenvalue weighted by Gasteiger charge is 2.47. The van der Waals surface area contributed by atoms with E-state index in [1.54, 1.807) is 26.8 Å². The third-order valence-electron chi connectivity index (χ3n) is 8.76. The van der Waals surface area contributed by atoms with E-state index < -0.39 is 53.8 Å². The van der Waals surface area contributed by atoms with Gasteiger partial charge in [0.1, 0.15) is 36.8 Å². The fourth-order valence-electron chi connectivity index (χ4n) is 5.58. The third-order valence-corrected chi connectivity index (χ3v) is 8.76. The molecule has 0 bridgehead atoms. The van der Waals surface area contributed by atoms with Crippen LogP contribution in [-0.4, -0.2) is 99.4 Å². The van der Waals surface area contributed by atoms with E-state index in [4.69, 9.17) is 14.2 Å². The van der Waals surface area contributed by atoms with Crippen LogP contribution in [0.3, 0.4) is 0 Å². The van der Waals surface area contributed by atoms with E-state index in [2.05, 4.69) is 10.6 Å². The number of Topliss-reactive ketones (excluding diaryl/α,β-unsaturated/α-hetero) is 1. The highest BCUT2D eigenvalue weighted by Crippen LogP contribution is 2.36. The van der Waals surface area contributed by atoms with Crippen molar-refractivity contribution in [3.63, 3.8) is 0 Å². The molecule has 0 saturated carbocycles. The number of benzene rings is 1. The highest BCUT2D eigenvalue weighted by atomic mass is 16.7. The molecule has 2 fully saturated rings. The Balaban J connectivity index is 1.54. The number of ether oxygens (including phenoxy) is 3. The van der Waals surface area contributed by atoms with Crippen molar-refractivity contribution in [2.45, 2.75) is 124 Å². The lowest BCUT2D eigenvalue weighted by Crippen LogP contribution is -2.60. The molecule has 2 aliphatic rings. The van der Waals surface area contributed by atoms with Gasteiger partial charge in [0.15, 0.2) is 5.78 Å². The van der Waals surface area contributed by atoms with Crippen molar-refractivity contribution in [3.8, 4) is 5.75 Å². The van der Waals surface area contributed by atoms with Gasteiger partial charge in [-0.1, -0.05) is 33.3 Å². The Bertz CT molecular complexity index is 1450. The number of esters is 1. The molecule has 0 spiro atoms. The first-order chi connectivity index (χ1) is 23.7. The van der Waals surface area contributed by atoms with E-state index in [-0.39, 0.29) is 72.9 Å². The summed E-state index contributed by atoms with van der Waals surface area (Å²) in [4.78, 5) is 75.9. The Labute approximate surface area is 298 Å². The molecular weight excluding hydrogens is 666 g/mol. The summed E-state index contributed by atoms with van der Waals surface area (Å²) in [5.41, 5.74) is -0.459. The van der Waals surface area contributed by atoms with Crippen molar-refractivity contribution in [1.82, 2.24) is 10.2 Å². The van der Waals surface area contributed by atoms with Gasteiger partial charge in [-0.2, -0.15) is 0 Å². The minimum Gasteiger partial charge on any atom is -0.460 e. The number of rotatable bonds is 15. The number of anilines is 1. The van der Waals surface area contributed by atoms with Crippen LogP contribution >= 0.6 is 0 Å². The Morgan fingerprint density at radius 2 is 1.61 bits per heavy atom. The maximum absolute atomic E-state index is 12.9. The average Bonchev–Trinajstić information content (AvgIpc) is 3.33. The number of nitrogens with one attached hydrogen (secondary N) is 2. The second-order valence-electron chi connectivity index (χ2n) is 15.2. The van der Waals surface area contributed by atoms with Gasteiger partial charge in [-0.3, -0.25) is 33.7 Å². The number of likely N-dealkylation sites (tertiary alicyclic amines) is 1. The van der Waals surface area contributed by atoms with Gasteiger partial charge in [0.05, 0.1) is 17.0 Å². The Morgan fingerprint density at radius 3 is 2.22 bits per heavy atom. The van der Waals surface area contributed by atoms with Crippen LogP contribution in [0.25, 0.3) is 0 Å². The number of hydrogen-bond acceptors (Lipinski definition) is 12. The van der Waals surface area contributed by atoms with Crippen molar-refractivity contribution in [1.29, 1.82) is 0 Å². The second kappa shape index (κ2) is 17.5. The molecular formula is C36H53N3O12. The smallest absolute Gasteiger partial charge is 0.311 e. The zero-order valence-electron chi connectivity index (χ0n) is 30.5. The molecule has 2 aliphatic heterocycles. The standard InChI is InChI=1S/C36H53N3O12/c1-20(40)31-29(45)28(44)30(46)33(51-31)50-24-13-12-21(19-49-34(48)36(5,6)7)17-23(24)38-26(42)14-15-37-25(41)11-9-8-10-16-39-27(43)18-22(32(39)47)35(2,3)4/h12-13,17,22,28-31,33,44-46H,8-11,14-16,18-19H2,1-7H3,(H,37,41)(H,38,42)/t22?,28-,29-,30+,31+,33+/m0/s1. The summed E-state index contributed by atoms with van der Waals surface area (Å²) in [6.45, 7) is 12.3. The number of carbonyl (C=O) groups excluding carboxylic acids is 6. The Morgan fingerprint density at radius 1 is 0.922 bits per heavy atom. The first kappa shape index (κ1) is 41.5. The van der Waals surface area contributed by atoms with Gasteiger partial charge in [-0.15, -0.1) is 0 Å². The van der Waals surface area contributed by atoms with Gasteiger partial charge in [0.25, 0.3) is 0 Å². The van der Waals surface area contributed by atoms with Crippen LogP contribution in [0.15, 0.2) is 18.2 Å². The molecule has 5 N–H and O–H groups in total. The van der Waals surface area contributed by atoms with Crippen molar-refractivity contribution in [2.75, 3.05) is 18.4 Å². The van der Waals surface area contributed by atoms with Gasteiger partial charge < -0.3 is 40.2 Å². The summed E-state index contributed by atoms with van der Waals surface area (Å²) in [5.74, 6) is -2.46. The largest absolute Gasteiger partial charge is 0.460 e. The minimum atomic E-state index is -1.75. The number of nitrogens with zero attached hydrogens (tertiary/aromatic N) is 1. The quantitative estimate of drug-likeness (QED) is 0.0999. The van der Waals surface area contributed by atoms with Crippen LogP contribution in [0.5, 0.6) is 5.75 Å². The molecule has 3 rings (SSSR count). The average molecular weight is 720 g/mol. The first-order valence-corrected chi connectivity index (χ1v) is 17.3. The van der Waals surface area contributed by atoms with Crippen molar-refractivity contribution in [2.24, 2.45) is 16.7 Å². The fraction of sp³-hybridized carbons (Fsp3) is 0.667. The van der Waals surface area contributed by atoms with Gasteiger partial charge in [0.2, 0.25) is 29.9 Å². The number of hydrogen-bond donors (Lipinski definition) is 5. The predicted octanol–water partition coefficient (Wildman–Crippen LogP) is 1.98.